The van der Waals surface area contributed by atoms with E-state index in [1.165, 1.54) is 0 Å². The summed E-state index contributed by atoms with van der Waals surface area (Å²) >= 11 is 0. The fourth-order valence-electron chi connectivity index (χ4n) is 2.16. The largest absolute Gasteiger partial charge is 0.465 e. The van der Waals surface area contributed by atoms with Gasteiger partial charge in [0.25, 0.3) is 0 Å². The third-order valence-electron chi connectivity index (χ3n) is 3.27. The van der Waals surface area contributed by atoms with Crippen LogP contribution in [0.5, 0.6) is 0 Å². The number of esters is 1. The minimum Gasteiger partial charge on any atom is -0.465 e. The second kappa shape index (κ2) is 5.85. The van der Waals surface area contributed by atoms with Crippen LogP contribution in [-0.4, -0.2) is 36.1 Å². The van der Waals surface area contributed by atoms with Crippen LogP contribution in [0.3, 0.4) is 0 Å². The van der Waals surface area contributed by atoms with Crippen LogP contribution in [-0.2, 0) is 9.53 Å². The van der Waals surface area contributed by atoms with Crippen molar-refractivity contribution in [2.45, 2.75) is 53.0 Å². The maximum Gasteiger partial charge on any atom is 0.306 e. The predicted octanol–water partition coefficient (Wildman–Crippen LogP) is 2.70. The number of ether oxygens (including phenoxy) is 1. The van der Waals surface area contributed by atoms with Gasteiger partial charge in [-0.2, -0.15) is 0 Å². The first kappa shape index (κ1) is 14.5. The average molecular weight is 241 g/mol. The summed E-state index contributed by atoms with van der Waals surface area (Å²) in [5, 5.41) is 0. The fourth-order valence-corrected chi connectivity index (χ4v) is 2.16. The predicted molar refractivity (Wildman–Crippen MR) is 69.8 cm³/mol. The highest BCUT2D eigenvalue weighted by atomic mass is 16.5. The lowest BCUT2D eigenvalue weighted by Gasteiger charge is -2.31. The van der Waals surface area contributed by atoms with Gasteiger partial charge in [-0.15, -0.1) is 0 Å². The van der Waals surface area contributed by atoms with E-state index in [1.807, 2.05) is 0 Å². The van der Waals surface area contributed by atoms with Crippen LogP contribution in [0.4, 0.5) is 0 Å². The van der Waals surface area contributed by atoms with E-state index in [9.17, 15) is 4.79 Å². The van der Waals surface area contributed by atoms with Crippen LogP contribution in [0.15, 0.2) is 0 Å². The zero-order valence-corrected chi connectivity index (χ0v) is 12.0. The first-order valence-electron chi connectivity index (χ1n) is 6.69. The molecular weight excluding hydrogens is 214 g/mol. The highest BCUT2D eigenvalue weighted by molar-refractivity contribution is 5.69. The molecule has 3 nitrogen and oxygen atoms in total. The van der Waals surface area contributed by atoms with Gasteiger partial charge in [0.05, 0.1) is 6.61 Å². The number of carbonyl (C=O) groups is 1. The number of carbonyl (C=O) groups excluding carboxylic acids is 1. The molecule has 3 heteroatoms. The Morgan fingerprint density at radius 1 is 1.41 bits per heavy atom. The van der Waals surface area contributed by atoms with Gasteiger partial charge in [0.1, 0.15) is 0 Å². The smallest absolute Gasteiger partial charge is 0.306 e. The lowest BCUT2D eigenvalue weighted by molar-refractivity contribution is -0.145. The summed E-state index contributed by atoms with van der Waals surface area (Å²) in [5.41, 5.74) is 0.219. The summed E-state index contributed by atoms with van der Waals surface area (Å²) in [5.74, 6) is 0.877. The van der Waals surface area contributed by atoms with E-state index in [1.54, 1.807) is 0 Å². The molecule has 0 aromatic heterocycles. The van der Waals surface area contributed by atoms with Crippen LogP contribution in [0, 0.1) is 11.8 Å². The Kier molecular flexibility index (Phi) is 4.99. The molecule has 1 aliphatic heterocycles. The molecule has 0 unspecified atom stereocenters. The monoisotopic (exact) mass is 241 g/mol. The van der Waals surface area contributed by atoms with Crippen molar-refractivity contribution in [1.29, 1.82) is 0 Å². The van der Waals surface area contributed by atoms with E-state index in [0.717, 1.165) is 19.5 Å². The van der Waals surface area contributed by atoms with Crippen LogP contribution in [0.25, 0.3) is 0 Å². The lowest BCUT2D eigenvalue weighted by atomic mass is 10.0. The molecule has 0 radical (unpaired) electrons. The molecule has 1 rings (SSSR count). The summed E-state index contributed by atoms with van der Waals surface area (Å²) in [6.07, 6.45) is 1.70. The molecule has 0 aromatic rings. The maximum atomic E-state index is 11.6. The molecule has 0 bridgehead atoms. The van der Waals surface area contributed by atoms with E-state index < -0.39 is 0 Å². The Hall–Kier alpha value is -0.570. The highest BCUT2D eigenvalue weighted by Gasteiger charge is 2.31. The van der Waals surface area contributed by atoms with Crippen molar-refractivity contribution < 1.29 is 9.53 Å². The van der Waals surface area contributed by atoms with Crippen molar-refractivity contribution in [3.05, 3.63) is 0 Å². The summed E-state index contributed by atoms with van der Waals surface area (Å²) in [7, 11) is 0. The van der Waals surface area contributed by atoms with E-state index in [4.69, 9.17) is 4.74 Å². The Labute approximate surface area is 106 Å². The van der Waals surface area contributed by atoms with Gasteiger partial charge in [0, 0.05) is 18.5 Å². The van der Waals surface area contributed by atoms with Gasteiger partial charge < -0.3 is 4.74 Å². The van der Waals surface area contributed by atoms with E-state index in [0.29, 0.717) is 24.9 Å². The molecular formula is C14H27NO2. The zero-order chi connectivity index (χ0) is 13.1. The SMILES string of the molecule is CC(C)COC(=O)C[C@H]1CCN(C(C)(C)C)C1. The van der Waals surface area contributed by atoms with Gasteiger partial charge in [0.2, 0.25) is 0 Å². The zero-order valence-electron chi connectivity index (χ0n) is 12.0. The molecule has 0 N–H and O–H groups in total. The molecule has 0 saturated carbocycles. The summed E-state index contributed by atoms with van der Waals surface area (Å²) < 4.78 is 5.23. The minimum atomic E-state index is -0.0283. The molecule has 1 aliphatic rings. The summed E-state index contributed by atoms with van der Waals surface area (Å²) in [6.45, 7) is 13.5. The maximum absolute atomic E-state index is 11.6. The summed E-state index contributed by atoms with van der Waals surface area (Å²) in [6, 6.07) is 0. The van der Waals surface area contributed by atoms with Crippen molar-refractivity contribution in [2.75, 3.05) is 19.7 Å². The molecule has 1 saturated heterocycles. The van der Waals surface area contributed by atoms with E-state index in [-0.39, 0.29) is 11.5 Å². The minimum absolute atomic E-state index is 0.0283. The number of rotatable bonds is 4. The van der Waals surface area contributed by atoms with Gasteiger partial charge in [-0.3, -0.25) is 9.69 Å². The Morgan fingerprint density at radius 2 is 2.06 bits per heavy atom. The van der Waals surface area contributed by atoms with Gasteiger partial charge in [-0.25, -0.2) is 0 Å². The second-order valence-electron chi connectivity index (χ2n) is 6.55. The Morgan fingerprint density at radius 3 is 2.53 bits per heavy atom. The summed E-state index contributed by atoms with van der Waals surface area (Å²) in [4.78, 5) is 14.1. The number of likely N-dealkylation sites (tertiary alicyclic amines) is 1. The first-order valence-corrected chi connectivity index (χ1v) is 6.69. The van der Waals surface area contributed by atoms with Crippen molar-refractivity contribution in [3.63, 3.8) is 0 Å². The normalized spacial score (nSPS) is 22.1. The van der Waals surface area contributed by atoms with Gasteiger partial charge in [-0.1, -0.05) is 13.8 Å². The molecule has 100 valence electrons. The van der Waals surface area contributed by atoms with Crippen molar-refractivity contribution in [1.82, 2.24) is 4.90 Å². The van der Waals surface area contributed by atoms with Crippen molar-refractivity contribution in [2.24, 2.45) is 11.8 Å². The highest BCUT2D eigenvalue weighted by Crippen LogP contribution is 2.26. The third kappa shape index (κ3) is 5.07. The van der Waals surface area contributed by atoms with Gasteiger partial charge >= 0.3 is 5.97 Å². The average Bonchev–Trinajstić information content (AvgIpc) is 2.62. The molecule has 1 fully saturated rings. The van der Waals surface area contributed by atoms with Gasteiger partial charge in [-0.05, 0) is 45.6 Å². The topological polar surface area (TPSA) is 29.5 Å². The van der Waals surface area contributed by atoms with Crippen LogP contribution < -0.4 is 0 Å². The second-order valence-corrected chi connectivity index (χ2v) is 6.55. The first-order chi connectivity index (χ1) is 7.79. The molecule has 0 amide bonds. The van der Waals surface area contributed by atoms with Crippen LogP contribution >= 0.6 is 0 Å². The Balaban J connectivity index is 2.28. The molecule has 1 atom stereocenters. The van der Waals surface area contributed by atoms with E-state index >= 15 is 0 Å². The van der Waals surface area contributed by atoms with Crippen molar-refractivity contribution >= 4 is 5.97 Å². The fraction of sp³-hybridized carbons (Fsp3) is 0.929. The number of nitrogens with zero attached hydrogens (tertiary/aromatic N) is 1. The van der Waals surface area contributed by atoms with Crippen molar-refractivity contribution in [3.8, 4) is 0 Å². The number of hydrogen-bond donors (Lipinski definition) is 0. The third-order valence-corrected chi connectivity index (χ3v) is 3.27. The lowest BCUT2D eigenvalue weighted by Crippen LogP contribution is -2.39. The molecule has 0 spiro atoms. The van der Waals surface area contributed by atoms with Crippen LogP contribution in [0.1, 0.15) is 47.5 Å². The molecule has 1 heterocycles. The molecule has 17 heavy (non-hydrogen) atoms. The molecule has 0 aromatic carbocycles. The van der Waals surface area contributed by atoms with Crippen LogP contribution in [0.2, 0.25) is 0 Å². The Bertz CT molecular complexity index is 255. The van der Waals surface area contributed by atoms with Gasteiger partial charge in [0.15, 0.2) is 0 Å². The molecule has 0 aliphatic carbocycles. The standard InChI is InChI=1S/C14H27NO2/c1-11(2)10-17-13(16)8-12-6-7-15(9-12)14(3,4)5/h11-12H,6-10H2,1-5H3/t12-/m1/s1. The quantitative estimate of drug-likeness (QED) is 0.709. The number of hydrogen-bond acceptors (Lipinski definition) is 3. The van der Waals surface area contributed by atoms with E-state index in [2.05, 4.69) is 39.5 Å².